The van der Waals surface area contributed by atoms with Crippen molar-refractivity contribution in [1.29, 1.82) is 0 Å². The zero-order valence-corrected chi connectivity index (χ0v) is 18.3. The molecule has 3 N–H and O–H groups in total. The summed E-state index contributed by atoms with van der Waals surface area (Å²) in [5, 5.41) is 7.66. The molecule has 0 radical (unpaired) electrons. The van der Waals surface area contributed by atoms with Crippen molar-refractivity contribution >= 4 is 56.1 Å². The molecular formula is C23H21BrN6O. The summed E-state index contributed by atoms with van der Waals surface area (Å²) in [5.74, 6) is 0.00226. The van der Waals surface area contributed by atoms with Gasteiger partial charge in [-0.15, -0.1) is 0 Å². The number of nitrogens with one attached hydrogen (secondary N) is 1. The second-order valence-corrected chi connectivity index (χ2v) is 8.63. The number of halogens is 1. The van der Waals surface area contributed by atoms with Crippen molar-refractivity contribution in [3.05, 3.63) is 64.1 Å². The normalized spacial score (nSPS) is 14.7. The first-order valence-corrected chi connectivity index (χ1v) is 11.1. The maximum atomic E-state index is 13.2. The standard InChI is InChI=1S/C23H21BrN6O/c24-15-7-5-6-14(12-15)13-26-30-21(25)19(23(31)27-16-8-1-2-9-16)20-22(30)29-18-11-4-3-10-17(18)28-20/h3-7,10-13,16H,1-2,8-9,25H2,(H,27,31). The highest BCUT2D eigenvalue weighted by Crippen LogP contribution is 2.28. The van der Waals surface area contributed by atoms with Crippen molar-refractivity contribution in [1.82, 2.24) is 20.0 Å². The van der Waals surface area contributed by atoms with Crippen LogP contribution < -0.4 is 11.1 Å². The average molecular weight is 477 g/mol. The van der Waals surface area contributed by atoms with Crippen molar-refractivity contribution in [3.8, 4) is 0 Å². The van der Waals surface area contributed by atoms with Gasteiger partial charge < -0.3 is 11.1 Å². The SMILES string of the molecule is Nc1c(C(=O)NC2CCCC2)c2nc3ccccc3nc2n1N=Cc1cccc(Br)c1. The second-order valence-electron chi connectivity index (χ2n) is 7.71. The Morgan fingerprint density at radius 3 is 2.61 bits per heavy atom. The summed E-state index contributed by atoms with van der Waals surface area (Å²) < 4.78 is 2.45. The van der Waals surface area contributed by atoms with Crippen LogP contribution in [0.25, 0.3) is 22.2 Å². The summed E-state index contributed by atoms with van der Waals surface area (Å²) in [7, 11) is 0. The van der Waals surface area contributed by atoms with Crippen LogP contribution in [0, 0.1) is 0 Å². The zero-order chi connectivity index (χ0) is 21.4. The third-order valence-electron chi connectivity index (χ3n) is 5.56. The Balaban J connectivity index is 1.65. The number of fused-ring (bicyclic) bond motifs is 2. The van der Waals surface area contributed by atoms with Gasteiger partial charge in [-0.2, -0.15) is 9.78 Å². The van der Waals surface area contributed by atoms with Gasteiger partial charge in [-0.05, 0) is 42.7 Å². The van der Waals surface area contributed by atoms with E-state index in [9.17, 15) is 4.79 Å². The number of nitrogen functional groups attached to an aromatic ring is 1. The van der Waals surface area contributed by atoms with Crippen LogP contribution in [0.1, 0.15) is 41.6 Å². The molecule has 1 aliphatic carbocycles. The van der Waals surface area contributed by atoms with Crippen LogP contribution in [0.2, 0.25) is 0 Å². The van der Waals surface area contributed by atoms with E-state index in [1.54, 1.807) is 6.21 Å². The van der Waals surface area contributed by atoms with Crippen LogP contribution in [0.3, 0.4) is 0 Å². The highest BCUT2D eigenvalue weighted by molar-refractivity contribution is 9.10. The first-order valence-electron chi connectivity index (χ1n) is 10.3. The smallest absolute Gasteiger partial charge is 0.257 e. The molecule has 4 aromatic rings. The molecule has 0 atom stereocenters. The molecule has 1 fully saturated rings. The molecule has 2 heterocycles. The summed E-state index contributed by atoms with van der Waals surface area (Å²) in [6.45, 7) is 0. The predicted octanol–water partition coefficient (Wildman–Crippen LogP) is 4.48. The van der Waals surface area contributed by atoms with Gasteiger partial charge in [0.2, 0.25) is 0 Å². The summed E-state index contributed by atoms with van der Waals surface area (Å²) >= 11 is 3.47. The summed E-state index contributed by atoms with van der Waals surface area (Å²) in [5.41, 5.74) is 10.0. The molecule has 0 aliphatic heterocycles. The monoisotopic (exact) mass is 476 g/mol. The maximum Gasteiger partial charge on any atom is 0.257 e. The van der Waals surface area contributed by atoms with E-state index < -0.39 is 0 Å². The number of carbonyl (C=O) groups is 1. The highest BCUT2D eigenvalue weighted by Gasteiger charge is 2.26. The zero-order valence-electron chi connectivity index (χ0n) is 16.8. The Hall–Kier alpha value is -3.26. The fourth-order valence-electron chi connectivity index (χ4n) is 4.03. The van der Waals surface area contributed by atoms with E-state index in [1.807, 2.05) is 48.5 Å². The van der Waals surface area contributed by atoms with Crippen LogP contribution >= 0.6 is 15.9 Å². The Morgan fingerprint density at radius 2 is 1.87 bits per heavy atom. The van der Waals surface area contributed by atoms with Crippen molar-refractivity contribution < 1.29 is 4.79 Å². The summed E-state index contributed by atoms with van der Waals surface area (Å²) in [4.78, 5) is 22.6. The topological polar surface area (TPSA) is 98.2 Å². The number of carbonyl (C=O) groups excluding carboxylic acids is 1. The summed E-state index contributed by atoms with van der Waals surface area (Å²) in [6, 6.07) is 15.5. The van der Waals surface area contributed by atoms with Crippen LogP contribution in [-0.2, 0) is 0 Å². The second kappa shape index (κ2) is 8.11. The van der Waals surface area contributed by atoms with Gasteiger partial charge >= 0.3 is 0 Å². The van der Waals surface area contributed by atoms with Crippen LogP contribution in [0.5, 0.6) is 0 Å². The van der Waals surface area contributed by atoms with E-state index in [0.717, 1.165) is 35.7 Å². The van der Waals surface area contributed by atoms with Crippen molar-refractivity contribution in [2.24, 2.45) is 5.10 Å². The molecule has 7 nitrogen and oxygen atoms in total. The molecule has 0 unspecified atom stereocenters. The minimum atomic E-state index is -0.226. The molecule has 8 heteroatoms. The lowest BCUT2D eigenvalue weighted by Crippen LogP contribution is -2.33. The lowest BCUT2D eigenvalue weighted by molar-refractivity contribution is 0.0940. The molecule has 5 rings (SSSR count). The highest BCUT2D eigenvalue weighted by atomic mass is 79.9. The molecule has 1 saturated carbocycles. The first-order chi connectivity index (χ1) is 15.1. The van der Waals surface area contributed by atoms with Gasteiger partial charge in [0.25, 0.3) is 5.91 Å². The number of benzene rings is 2. The van der Waals surface area contributed by atoms with Crippen molar-refractivity contribution in [2.75, 3.05) is 5.73 Å². The average Bonchev–Trinajstić information content (AvgIpc) is 3.36. The molecule has 2 aromatic heterocycles. The van der Waals surface area contributed by atoms with Gasteiger partial charge in [0.15, 0.2) is 5.65 Å². The molecule has 0 bridgehead atoms. The number of anilines is 1. The van der Waals surface area contributed by atoms with E-state index in [-0.39, 0.29) is 17.8 Å². The number of rotatable bonds is 4. The van der Waals surface area contributed by atoms with Crippen LogP contribution in [-0.4, -0.2) is 32.8 Å². The first kappa shape index (κ1) is 19.7. The molecule has 0 saturated heterocycles. The molecule has 0 spiro atoms. The Labute approximate surface area is 187 Å². The van der Waals surface area contributed by atoms with Crippen molar-refractivity contribution in [2.45, 2.75) is 31.7 Å². The number of hydrogen-bond donors (Lipinski definition) is 2. The molecule has 31 heavy (non-hydrogen) atoms. The molecule has 1 amide bonds. The lowest BCUT2D eigenvalue weighted by atomic mass is 10.2. The predicted molar refractivity (Wildman–Crippen MR) is 126 cm³/mol. The van der Waals surface area contributed by atoms with E-state index >= 15 is 0 Å². The molecule has 1 aliphatic rings. The fraction of sp³-hybridized carbons (Fsp3) is 0.217. The largest absolute Gasteiger partial charge is 0.383 e. The minimum Gasteiger partial charge on any atom is -0.383 e. The van der Waals surface area contributed by atoms with Crippen LogP contribution in [0.15, 0.2) is 58.1 Å². The van der Waals surface area contributed by atoms with Crippen molar-refractivity contribution in [3.63, 3.8) is 0 Å². The van der Waals surface area contributed by atoms with Gasteiger partial charge in [0, 0.05) is 10.5 Å². The lowest BCUT2D eigenvalue weighted by Gasteiger charge is -2.11. The molecule has 2 aromatic carbocycles. The number of para-hydroxylation sites is 2. The maximum absolute atomic E-state index is 13.2. The number of hydrogen-bond acceptors (Lipinski definition) is 5. The van der Waals surface area contributed by atoms with Gasteiger partial charge in [-0.3, -0.25) is 4.79 Å². The van der Waals surface area contributed by atoms with Crippen LogP contribution in [0.4, 0.5) is 5.82 Å². The summed E-state index contributed by atoms with van der Waals surface area (Å²) in [6.07, 6.45) is 5.92. The van der Waals surface area contributed by atoms with E-state index in [2.05, 4.69) is 26.3 Å². The van der Waals surface area contributed by atoms with Gasteiger partial charge in [-0.1, -0.05) is 53.0 Å². The number of nitrogens with zero attached hydrogens (tertiary/aromatic N) is 4. The fourth-order valence-corrected chi connectivity index (χ4v) is 4.44. The number of amides is 1. The number of aromatic nitrogens is 3. The Bertz CT molecular complexity index is 1320. The van der Waals surface area contributed by atoms with E-state index in [1.165, 1.54) is 4.68 Å². The molecular weight excluding hydrogens is 456 g/mol. The quantitative estimate of drug-likeness (QED) is 0.424. The third kappa shape index (κ3) is 3.79. The third-order valence-corrected chi connectivity index (χ3v) is 6.06. The van der Waals surface area contributed by atoms with Gasteiger partial charge in [0.05, 0.1) is 17.2 Å². The molecule has 156 valence electrons. The number of nitrogens with two attached hydrogens (primary N) is 1. The van der Waals surface area contributed by atoms with Gasteiger partial charge in [0.1, 0.15) is 16.9 Å². The van der Waals surface area contributed by atoms with Gasteiger partial charge in [-0.25, -0.2) is 9.97 Å². The van der Waals surface area contributed by atoms with E-state index in [4.69, 9.17) is 15.7 Å². The van der Waals surface area contributed by atoms with E-state index in [0.29, 0.717) is 27.8 Å². The Kier molecular flexibility index (Phi) is 5.15. The Morgan fingerprint density at radius 1 is 1.13 bits per heavy atom. The minimum absolute atomic E-state index is 0.170.